The maximum Gasteiger partial charge on any atom is 0.0630 e. The molecule has 0 aromatic heterocycles. The molecule has 0 spiro atoms. The lowest BCUT2D eigenvalue weighted by Crippen LogP contribution is -2.50. The van der Waals surface area contributed by atoms with Crippen molar-refractivity contribution in [3.8, 4) is 0 Å². The van der Waals surface area contributed by atoms with Crippen LogP contribution in [0.3, 0.4) is 0 Å². The number of nitrogens with one attached hydrogen (secondary N) is 1. The van der Waals surface area contributed by atoms with Crippen LogP contribution in [0.2, 0.25) is 0 Å². The fourth-order valence-electron chi connectivity index (χ4n) is 3.01. The Bertz CT molecular complexity index is 243. The third-order valence-electron chi connectivity index (χ3n) is 4.05. The van der Waals surface area contributed by atoms with Gasteiger partial charge in [-0.2, -0.15) is 0 Å². The third kappa shape index (κ3) is 4.19. The molecule has 2 unspecified atom stereocenters. The van der Waals surface area contributed by atoms with E-state index in [1.165, 1.54) is 38.8 Å². The second-order valence-electron chi connectivity index (χ2n) is 6.09. The monoisotopic (exact) mass is 255 g/mol. The van der Waals surface area contributed by atoms with E-state index in [1.807, 2.05) is 7.11 Å². The van der Waals surface area contributed by atoms with Gasteiger partial charge in [-0.25, -0.2) is 0 Å². The summed E-state index contributed by atoms with van der Waals surface area (Å²) < 4.78 is 5.43. The summed E-state index contributed by atoms with van der Waals surface area (Å²) in [5.41, 5.74) is 0. The van der Waals surface area contributed by atoms with E-state index in [2.05, 4.69) is 29.2 Å². The van der Waals surface area contributed by atoms with Crippen molar-refractivity contribution in [2.24, 2.45) is 0 Å². The first-order valence-corrected chi connectivity index (χ1v) is 7.33. The Balaban J connectivity index is 1.85. The third-order valence-corrected chi connectivity index (χ3v) is 4.05. The maximum atomic E-state index is 5.43. The highest BCUT2D eigenvalue weighted by atomic mass is 16.5. The minimum atomic E-state index is 0.544. The lowest BCUT2D eigenvalue weighted by atomic mass is 10.1. The van der Waals surface area contributed by atoms with Gasteiger partial charge in [-0.15, -0.1) is 0 Å². The normalized spacial score (nSPS) is 27.0. The minimum Gasteiger partial charge on any atom is -0.383 e. The molecule has 1 saturated heterocycles. The molecule has 4 heteroatoms. The van der Waals surface area contributed by atoms with Gasteiger partial charge in [0.05, 0.1) is 6.61 Å². The zero-order valence-corrected chi connectivity index (χ0v) is 12.2. The van der Waals surface area contributed by atoms with Crippen LogP contribution in [0.15, 0.2) is 0 Å². The molecule has 1 aliphatic carbocycles. The Kier molecular flexibility index (Phi) is 5.42. The SMILES string of the molecule is COCC(CNC1CC1)N1CCCC1CN(C)C. The van der Waals surface area contributed by atoms with Gasteiger partial charge in [0, 0.05) is 38.3 Å². The van der Waals surface area contributed by atoms with Crippen LogP contribution in [0.5, 0.6) is 0 Å². The fourth-order valence-corrected chi connectivity index (χ4v) is 3.01. The zero-order valence-electron chi connectivity index (χ0n) is 12.2. The van der Waals surface area contributed by atoms with Crippen molar-refractivity contribution < 1.29 is 4.74 Å². The molecular formula is C14H29N3O. The van der Waals surface area contributed by atoms with E-state index < -0.39 is 0 Å². The minimum absolute atomic E-state index is 0.544. The number of likely N-dealkylation sites (tertiary alicyclic amines) is 1. The van der Waals surface area contributed by atoms with Crippen molar-refractivity contribution in [2.45, 2.75) is 43.8 Å². The zero-order chi connectivity index (χ0) is 13.0. The number of hydrogen-bond donors (Lipinski definition) is 1. The molecule has 1 aliphatic heterocycles. The maximum absolute atomic E-state index is 5.43. The van der Waals surface area contributed by atoms with E-state index >= 15 is 0 Å². The first-order valence-electron chi connectivity index (χ1n) is 7.33. The largest absolute Gasteiger partial charge is 0.383 e. The molecule has 2 atom stereocenters. The van der Waals surface area contributed by atoms with Crippen LogP contribution in [0.25, 0.3) is 0 Å². The Morgan fingerprint density at radius 1 is 1.33 bits per heavy atom. The smallest absolute Gasteiger partial charge is 0.0630 e. The van der Waals surface area contributed by atoms with E-state index in [1.54, 1.807) is 0 Å². The van der Waals surface area contributed by atoms with Crippen LogP contribution < -0.4 is 5.32 Å². The van der Waals surface area contributed by atoms with Gasteiger partial charge in [-0.3, -0.25) is 4.90 Å². The number of rotatable bonds is 8. The highest BCUT2D eigenvalue weighted by Crippen LogP contribution is 2.22. The summed E-state index contributed by atoms with van der Waals surface area (Å²) in [6, 6.07) is 2.04. The predicted octanol–water partition coefficient (Wildman–Crippen LogP) is 0.779. The average Bonchev–Trinajstić information content (AvgIpc) is 3.04. The van der Waals surface area contributed by atoms with Crippen molar-refractivity contribution in [1.29, 1.82) is 0 Å². The Morgan fingerprint density at radius 3 is 2.72 bits per heavy atom. The van der Waals surface area contributed by atoms with E-state index in [9.17, 15) is 0 Å². The molecule has 1 N–H and O–H groups in total. The Labute approximate surface area is 112 Å². The summed E-state index contributed by atoms with van der Waals surface area (Å²) in [6.07, 6.45) is 5.39. The fraction of sp³-hybridized carbons (Fsp3) is 1.00. The summed E-state index contributed by atoms with van der Waals surface area (Å²) in [5.74, 6) is 0. The molecule has 18 heavy (non-hydrogen) atoms. The standard InChI is InChI=1S/C14H29N3O/c1-16(2)10-13-5-4-8-17(13)14(11-18-3)9-15-12-6-7-12/h12-15H,4-11H2,1-3H3. The molecular weight excluding hydrogens is 226 g/mol. The number of methoxy groups -OCH3 is 1. The highest BCUT2D eigenvalue weighted by Gasteiger charge is 2.32. The number of hydrogen-bond acceptors (Lipinski definition) is 4. The van der Waals surface area contributed by atoms with E-state index in [0.717, 1.165) is 19.2 Å². The summed E-state index contributed by atoms with van der Waals surface area (Å²) in [4.78, 5) is 4.97. The topological polar surface area (TPSA) is 27.7 Å². The van der Waals surface area contributed by atoms with Crippen LogP contribution in [0, 0.1) is 0 Å². The van der Waals surface area contributed by atoms with E-state index in [0.29, 0.717) is 12.1 Å². The molecule has 0 bridgehead atoms. The molecule has 1 saturated carbocycles. The first kappa shape index (κ1) is 14.3. The summed E-state index contributed by atoms with van der Waals surface area (Å²) >= 11 is 0. The molecule has 1 heterocycles. The van der Waals surface area contributed by atoms with Crippen LogP contribution >= 0.6 is 0 Å². The summed E-state index contributed by atoms with van der Waals surface area (Å²) in [5, 5.41) is 3.66. The first-order chi connectivity index (χ1) is 8.70. The second kappa shape index (κ2) is 6.85. The Morgan fingerprint density at radius 2 is 2.11 bits per heavy atom. The van der Waals surface area contributed by atoms with Crippen molar-refractivity contribution in [3.63, 3.8) is 0 Å². The molecule has 0 aromatic carbocycles. The van der Waals surface area contributed by atoms with Crippen LogP contribution in [-0.2, 0) is 4.74 Å². The van der Waals surface area contributed by atoms with E-state index in [4.69, 9.17) is 4.74 Å². The molecule has 0 amide bonds. The van der Waals surface area contributed by atoms with Crippen LogP contribution in [0.4, 0.5) is 0 Å². The average molecular weight is 255 g/mol. The molecule has 4 nitrogen and oxygen atoms in total. The van der Waals surface area contributed by atoms with Gasteiger partial charge in [-0.1, -0.05) is 0 Å². The summed E-state index contributed by atoms with van der Waals surface area (Å²) in [7, 11) is 6.16. The van der Waals surface area contributed by atoms with E-state index in [-0.39, 0.29) is 0 Å². The van der Waals surface area contributed by atoms with Crippen molar-refractivity contribution in [3.05, 3.63) is 0 Å². The van der Waals surface area contributed by atoms with Gasteiger partial charge < -0.3 is 15.0 Å². The number of likely N-dealkylation sites (N-methyl/N-ethyl adjacent to an activating group) is 1. The number of ether oxygens (including phenoxy) is 1. The summed E-state index contributed by atoms with van der Waals surface area (Å²) in [6.45, 7) is 4.34. The lowest BCUT2D eigenvalue weighted by molar-refractivity contribution is 0.0731. The van der Waals surface area contributed by atoms with Gasteiger partial charge in [0.2, 0.25) is 0 Å². The molecule has 2 rings (SSSR count). The van der Waals surface area contributed by atoms with Crippen molar-refractivity contribution in [2.75, 3.05) is 47.4 Å². The molecule has 2 aliphatic rings. The predicted molar refractivity (Wildman–Crippen MR) is 75.0 cm³/mol. The van der Waals surface area contributed by atoms with Gasteiger partial charge in [0.25, 0.3) is 0 Å². The number of nitrogens with zero attached hydrogens (tertiary/aromatic N) is 2. The van der Waals surface area contributed by atoms with Crippen molar-refractivity contribution in [1.82, 2.24) is 15.1 Å². The quantitative estimate of drug-likeness (QED) is 0.694. The van der Waals surface area contributed by atoms with Gasteiger partial charge in [0.15, 0.2) is 0 Å². The molecule has 106 valence electrons. The molecule has 0 aromatic rings. The second-order valence-corrected chi connectivity index (χ2v) is 6.09. The van der Waals surface area contributed by atoms with Gasteiger partial charge in [-0.05, 0) is 46.3 Å². The molecule has 2 fully saturated rings. The van der Waals surface area contributed by atoms with Gasteiger partial charge >= 0.3 is 0 Å². The Hall–Kier alpha value is -0.160. The van der Waals surface area contributed by atoms with Crippen molar-refractivity contribution >= 4 is 0 Å². The van der Waals surface area contributed by atoms with Gasteiger partial charge in [0.1, 0.15) is 0 Å². The highest BCUT2D eigenvalue weighted by molar-refractivity contribution is 4.89. The van der Waals surface area contributed by atoms with Crippen LogP contribution in [-0.4, -0.2) is 75.4 Å². The van der Waals surface area contributed by atoms with Crippen LogP contribution in [0.1, 0.15) is 25.7 Å². The lowest BCUT2D eigenvalue weighted by Gasteiger charge is -2.34. The molecule has 0 radical (unpaired) electrons.